The van der Waals surface area contributed by atoms with Crippen LogP contribution in [0, 0.1) is 0 Å². The molecule has 0 bridgehead atoms. The number of aliphatic hydroxyl groups excluding tert-OH is 1. The van der Waals surface area contributed by atoms with Gasteiger partial charge < -0.3 is 24.1 Å². The number of aromatic hydroxyl groups is 1. The van der Waals surface area contributed by atoms with Crippen molar-refractivity contribution in [1.82, 2.24) is 0 Å². The van der Waals surface area contributed by atoms with E-state index in [2.05, 4.69) is 0 Å². The number of ether oxygens (including phenoxy) is 2. The first-order valence-electron chi connectivity index (χ1n) is 7.77. The summed E-state index contributed by atoms with van der Waals surface area (Å²) in [5, 5.41) is 20.0. The van der Waals surface area contributed by atoms with Crippen LogP contribution in [-0.4, -0.2) is 29.5 Å². The molecule has 2 rings (SSSR count). The Labute approximate surface area is 134 Å². The van der Waals surface area contributed by atoms with Gasteiger partial charge in [0, 0.05) is 6.42 Å². The van der Waals surface area contributed by atoms with Crippen molar-refractivity contribution >= 4 is 11.0 Å². The number of hydrogen-bond acceptors (Lipinski definition) is 6. The topological polar surface area (TPSA) is 89.1 Å². The van der Waals surface area contributed by atoms with E-state index in [-0.39, 0.29) is 23.7 Å². The largest absolute Gasteiger partial charge is 0.503 e. The van der Waals surface area contributed by atoms with Crippen molar-refractivity contribution in [3.63, 3.8) is 0 Å². The Kier molecular flexibility index (Phi) is 5.87. The van der Waals surface area contributed by atoms with Crippen LogP contribution >= 0.6 is 0 Å². The molecule has 2 N–H and O–H groups in total. The molecule has 23 heavy (non-hydrogen) atoms. The second-order valence-corrected chi connectivity index (χ2v) is 5.38. The highest BCUT2D eigenvalue weighted by Gasteiger charge is 2.18. The molecule has 1 aromatic carbocycles. The molecule has 1 aromatic heterocycles. The highest BCUT2D eigenvalue weighted by molar-refractivity contribution is 5.91. The lowest BCUT2D eigenvalue weighted by Crippen LogP contribution is -2.10. The molecule has 1 unspecified atom stereocenters. The van der Waals surface area contributed by atoms with Gasteiger partial charge in [-0.25, -0.2) is 4.79 Å². The third-order valence-corrected chi connectivity index (χ3v) is 3.37. The molecule has 0 spiro atoms. The minimum atomic E-state index is -0.716. The first-order valence-corrected chi connectivity index (χ1v) is 7.77. The third kappa shape index (κ3) is 4.16. The summed E-state index contributed by atoms with van der Waals surface area (Å²) in [4.78, 5) is 11.9. The van der Waals surface area contributed by atoms with Gasteiger partial charge in [-0.3, -0.25) is 0 Å². The van der Waals surface area contributed by atoms with Gasteiger partial charge in [-0.2, -0.15) is 0 Å². The highest BCUT2D eigenvalue weighted by atomic mass is 16.5. The van der Waals surface area contributed by atoms with Crippen molar-refractivity contribution in [3.05, 3.63) is 28.6 Å². The molecule has 0 aliphatic carbocycles. The van der Waals surface area contributed by atoms with E-state index in [1.54, 1.807) is 25.1 Å². The van der Waals surface area contributed by atoms with Gasteiger partial charge in [0.15, 0.2) is 5.75 Å². The molecular formula is C17H22O6. The molecule has 0 fully saturated rings. The molecule has 1 heterocycles. The number of hydrogen-bond donors (Lipinski definition) is 2. The van der Waals surface area contributed by atoms with E-state index in [0.29, 0.717) is 24.2 Å². The molecule has 6 nitrogen and oxygen atoms in total. The van der Waals surface area contributed by atoms with Gasteiger partial charge in [-0.05, 0) is 25.5 Å². The maximum absolute atomic E-state index is 11.9. The van der Waals surface area contributed by atoms with Crippen LogP contribution in [0.15, 0.2) is 27.4 Å². The van der Waals surface area contributed by atoms with Gasteiger partial charge in [-0.15, -0.1) is 0 Å². The smallest absolute Gasteiger partial charge is 0.383 e. The Hall–Kier alpha value is -2.21. The zero-order valence-electron chi connectivity index (χ0n) is 13.4. The maximum Gasteiger partial charge on any atom is 0.383 e. The van der Waals surface area contributed by atoms with Crippen molar-refractivity contribution in [3.8, 4) is 17.2 Å². The number of aliphatic hydroxyl groups is 1. The standard InChI is InChI=1S/C17H22O6/c1-3-4-9-22-16-15(19)14-12(21-10-8-11(2)18)6-5-7-13(14)23-17(16)20/h5-7,11,18-19H,3-4,8-10H2,1-2H3. The lowest BCUT2D eigenvalue weighted by Gasteiger charge is -2.12. The third-order valence-electron chi connectivity index (χ3n) is 3.37. The molecule has 0 amide bonds. The number of rotatable bonds is 8. The van der Waals surface area contributed by atoms with Crippen LogP contribution in [0.5, 0.6) is 17.2 Å². The van der Waals surface area contributed by atoms with Crippen LogP contribution in [0.4, 0.5) is 0 Å². The monoisotopic (exact) mass is 322 g/mol. The van der Waals surface area contributed by atoms with Crippen molar-refractivity contribution in [2.75, 3.05) is 13.2 Å². The van der Waals surface area contributed by atoms with Crippen LogP contribution in [0.25, 0.3) is 11.0 Å². The molecule has 2 aromatic rings. The van der Waals surface area contributed by atoms with Gasteiger partial charge in [0.1, 0.15) is 16.7 Å². The van der Waals surface area contributed by atoms with Crippen LogP contribution in [0.3, 0.4) is 0 Å². The quantitative estimate of drug-likeness (QED) is 0.574. The Morgan fingerprint density at radius 1 is 1.26 bits per heavy atom. The van der Waals surface area contributed by atoms with E-state index in [9.17, 15) is 15.0 Å². The normalized spacial score (nSPS) is 12.3. The predicted molar refractivity (Wildman–Crippen MR) is 86.3 cm³/mol. The van der Waals surface area contributed by atoms with Gasteiger partial charge in [0.05, 0.1) is 19.3 Å². The lowest BCUT2D eigenvalue weighted by atomic mass is 10.2. The molecular weight excluding hydrogens is 300 g/mol. The molecule has 0 radical (unpaired) electrons. The summed E-state index contributed by atoms with van der Waals surface area (Å²) in [5.41, 5.74) is -0.489. The van der Waals surface area contributed by atoms with Gasteiger partial charge in [-0.1, -0.05) is 19.4 Å². The Balaban J connectivity index is 2.37. The second kappa shape index (κ2) is 7.87. The molecule has 1 atom stereocenters. The van der Waals surface area contributed by atoms with E-state index < -0.39 is 11.7 Å². The van der Waals surface area contributed by atoms with Crippen molar-refractivity contribution in [2.24, 2.45) is 0 Å². The van der Waals surface area contributed by atoms with E-state index in [4.69, 9.17) is 13.9 Å². The van der Waals surface area contributed by atoms with Crippen molar-refractivity contribution < 1.29 is 24.1 Å². The predicted octanol–water partition coefficient (Wildman–Crippen LogP) is 2.83. The lowest BCUT2D eigenvalue weighted by molar-refractivity contribution is 0.156. The maximum atomic E-state index is 11.9. The van der Waals surface area contributed by atoms with Gasteiger partial charge in [0.2, 0.25) is 5.75 Å². The molecule has 0 aliphatic rings. The summed E-state index contributed by atoms with van der Waals surface area (Å²) >= 11 is 0. The van der Waals surface area contributed by atoms with Crippen LogP contribution in [0.2, 0.25) is 0 Å². The average molecular weight is 322 g/mol. The van der Waals surface area contributed by atoms with Crippen molar-refractivity contribution in [1.29, 1.82) is 0 Å². The van der Waals surface area contributed by atoms with Gasteiger partial charge in [0.25, 0.3) is 0 Å². The fourth-order valence-electron chi connectivity index (χ4n) is 2.09. The minimum Gasteiger partial charge on any atom is -0.503 e. The van der Waals surface area contributed by atoms with Crippen molar-refractivity contribution in [2.45, 2.75) is 39.2 Å². The van der Waals surface area contributed by atoms with Gasteiger partial charge >= 0.3 is 5.63 Å². The second-order valence-electron chi connectivity index (χ2n) is 5.38. The summed E-state index contributed by atoms with van der Waals surface area (Å²) in [6.07, 6.45) is 1.65. The Morgan fingerprint density at radius 3 is 2.74 bits per heavy atom. The summed E-state index contributed by atoms with van der Waals surface area (Å²) in [7, 11) is 0. The highest BCUT2D eigenvalue weighted by Crippen LogP contribution is 2.37. The summed E-state index contributed by atoms with van der Waals surface area (Å²) in [6, 6.07) is 4.91. The van der Waals surface area contributed by atoms with E-state index in [1.165, 1.54) is 0 Å². The van der Waals surface area contributed by atoms with Crippen LogP contribution in [0.1, 0.15) is 33.1 Å². The van der Waals surface area contributed by atoms with Crippen LogP contribution in [-0.2, 0) is 0 Å². The van der Waals surface area contributed by atoms with E-state index in [0.717, 1.165) is 12.8 Å². The minimum absolute atomic E-state index is 0.197. The molecule has 0 saturated carbocycles. The van der Waals surface area contributed by atoms with Crippen LogP contribution < -0.4 is 15.1 Å². The fraction of sp³-hybridized carbons (Fsp3) is 0.471. The van der Waals surface area contributed by atoms with E-state index >= 15 is 0 Å². The number of fused-ring (bicyclic) bond motifs is 1. The number of benzene rings is 1. The summed E-state index contributed by atoms with van der Waals surface area (Å²) in [5.74, 6) is -0.0951. The summed E-state index contributed by atoms with van der Waals surface area (Å²) in [6.45, 7) is 4.27. The first kappa shape index (κ1) is 17.1. The molecule has 6 heteroatoms. The Bertz CT molecular complexity index is 704. The first-order chi connectivity index (χ1) is 11.0. The molecule has 0 saturated heterocycles. The zero-order valence-corrected chi connectivity index (χ0v) is 13.4. The molecule has 0 aliphatic heterocycles. The molecule has 126 valence electrons. The SMILES string of the molecule is CCCCOc1c(O)c2c(OCCC(C)O)cccc2oc1=O. The number of unbranched alkanes of at least 4 members (excludes halogenated alkanes) is 1. The average Bonchev–Trinajstić information content (AvgIpc) is 2.50. The summed E-state index contributed by atoms with van der Waals surface area (Å²) < 4.78 is 16.2. The zero-order chi connectivity index (χ0) is 16.8. The fourth-order valence-corrected chi connectivity index (χ4v) is 2.09. The van der Waals surface area contributed by atoms with E-state index in [1.807, 2.05) is 6.92 Å². The Morgan fingerprint density at radius 2 is 2.04 bits per heavy atom.